The van der Waals surface area contributed by atoms with Gasteiger partial charge < -0.3 is 19.7 Å². The maximum atomic E-state index is 12.9. The topological polar surface area (TPSA) is 97.0 Å². The Morgan fingerprint density at radius 1 is 1.12 bits per heavy atom. The Morgan fingerprint density at radius 2 is 1.94 bits per heavy atom. The number of piperidine rings is 1. The van der Waals surface area contributed by atoms with Crippen LogP contribution in [0.5, 0.6) is 5.75 Å². The minimum atomic E-state index is -0.594. The highest BCUT2D eigenvalue weighted by Gasteiger charge is 2.39. The molecule has 2 aliphatic heterocycles. The zero-order valence-electron chi connectivity index (χ0n) is 19.2. The van der Waals surface area contributed by atoms with Crippen LogP contribution in [0.3, 0.4) is 0 Å². The number of carbonyl (C=O) groups excluding carboxylic acids is 3. The van der Waals surface area contributed by atoms with Crippen LogP contribution in [0.15, 0.2) is 18.2 Å². The maximum absolute atomic E-state index is 12.9. The van der Waals surface area contributed by atoms with Crippen LogP contribution in [0.1, 0.15) is 67.3 Å². The molecule has 0 radical (unpaired) electrons. The summed E-state index contributed by atoms with van der Waals surface area (Å²) in [7, 11) is 1.79. The van der Waals surface area contributed by atoms with Crippen LogP contribution >= 0.6 is 0 Å². The summed E-state index contributed by atoms with van der Waals surface area (Å²) < 4.78 is 11.8. The molecule has 178 valence electrons. The number of benzene rings is 1. The molecule has 0 spiro atoms. The largest absolute Gasteiger partial charge is 0.489 e. The Bertz CT molecular complexity index is 929. The SMILES string of the molecule is COC1CC(CN[C@H]2CCCC[C@@H]2Oc2ccc3c(c2)CN(C2CCC(=O)NC2=O)C3=O)C1. The van der Waals surface area contributed by atoms with E-state index in [1.807, 2.05) is 18.2 Å². The van der Waals surface area contributed by atoms with E-state index in [0.717, 1.165) is 50.0 Å². The zero-order chi connectivity index (χ0) is 22.9. The average Bonchev–Trinajstić information content (AvgIpc) is 3.09. The van der Waals surface area contributed by atoms with E-state index in [-0.39, 0.29) is 30.2 Å². The number of amides is 3. The van der Waals surface area contributed by atoms with Crippen molar-refractivity contribution in [3.8, 4) is 5.75 Å². The molecule has 3 amide bonds. The van der Waals surface area contributed by atoms with E-state index in [2.05, 4.69) is 10.6 Å². The van der Waals surface area contributed by atoms with Crippen molar-refractivity contribution < 1.29 is 23.9 Å². The molecule has 8 nitrogen and oxygen atoms in total. The Morgan fingerprint density at radius 3 is 2.73 bits per heavy atom. The maximum Gasteiger partial charge on any atom is 0.255 e. The Labute approximate surface area is 194 Å². The molecule has 1 saturated heterocycles. The van der Waals surface area contributed by atoms with Crippen molar-refractivity contribution in [2.75, 3.05) is 13.7 Å². The standard InChI is InChI=1S/C25H33N3O5/c1-32-18-10-15(11-18)13-26-20-4-2-3-5-22(20)33-17-6-7-19-16(12-17)14-28(25(19)31)21-8-9-23(29)27-24(21)30/h6-7,12,15,18,20-22,26H,2-5,8-11,13-14H2,1H3,(H,27,29,30)/t15?,18?,20-,21?,22-/m0/s1. The van der Waals surface area contributed by atoms with Crippen LogP contribution in [0, 0.1) is 5.92 Å². The van der Waals surface area contributed by atoms with Crippen molar-refractivity contribution in [3.05, 3.63) is 29.3 Å². The van der Waals surface area contributed by atoms with Gasteiger partial charge in [0.15, 0.2) is 0 Å². The molecule has 3 atom stereocenters. The summed E-state index contributed by atoms with van der Waals surface area (Å²) in [5.41, 5.74) is 1.49. The molecule has 1 aromatic rings. The number of hydrogen-bond acceptors (Lipinski definition) is 6. The van der Waals surface area contributed by atoms with Crippen molar-refractivity contribution in [1.82, 2.24) is 15.5 Å². The molecule has 5 rings (SSSR count). The van der Waals surface area contributed by atoms with Gasteiger partial charge in [-0.1, -0.05) is 6.42 Å². The lowest BCUT2D eigenvalue weighted by Gasteiger charge is -2.38. The van der Waals surface area contributed by atoms with Gasteiger partial charge in [-0.15, -0.1) is 0 Å². The Kier molecular flexibility index (Phi) is 6.38. The van der Waals surface area contributed by atoms with Crippen molar-refractivity contribution >= 4 is 17.7 Å². The van der Waals surface area contributed by atoms with Crippen LogP contribution in [0.2, 0.25) is 0 Å². The fraction of sp³-hybridized carbons (Fsp3) is 0.640. The summed E-state index contributed by atoms with van der Waals surface area (Å²) in [4.78, 5) is 38.2. The lowest BCUT2D eigenvalue weighted by molar-refractivity contribution is -0.136. The van der Waals surface area contributed by atoms with E-state index in [1.165, 1.54) is 6.42 Å². The zero-order valence-corrected chi connectivity index (χ0v) is 19.2. The first-order chi connectivity index (χ1) is 16.0. The lowest BCUT2D eigenvalue weighted by atomic mass is 9.81. The van der Waals surface area contributed by atoms with Gasteiger partial charge in [0.05, 0.1) is 6.10 Å². The monoisotopic (exact) mass is 455 g/mol. The van der Waals surface area contributed by atoms with Crippen LogP contribution in [-0.2, 0) is 20.9 Å². The van der Waals surface area contributed by atoms with Gasteiger partial charge in [0.25, 0.3) is 5.91 Å². The number of nitrogens with one attached hydrogen (secondary N) is 2. The highest BCUT2D eigenvalue weighted by atomic mass is 16.5. The van der Waals surface area contributed by atoms with E-state index in [4.69, 9.17) is 9.47 Å². The molecule has 0 bridgehead atoms. The van der Waals surface area contributed by atoms with Crippen LogP contribution < -0.4 is 15.4 Å². The molecule has 2 N–H and O–H groups in total. The second kappa shape index (κ2) is 9.43. The first-order valence-electron chi connectivity index (χ1n) is 12.2. The number of hydrogen-bond donors (Lipinski definition) is 2. The second-order valence-electron chi connectivity index (χ2n) is 9.87. The average molecular weight is 456 g/mol. The van der Waals surface area contributed by atoms with E-state index >= 15 is 0 Å². The van der Waals surface area contributed by atoms with Gasteiger partial charge in [-0.3, -0.25) is 19.7 Å². The van der Waals surface area contributed by atoms with Crippen LogP contribution in [-0.4, -0.2) is 60.6 Å². The predicted octanol–water partition coefficient (Wildman–Crippen LogP) is 2.15. The molecule has 0 aromatic heterocycles. The summed E-state index contributed by atoms with van der Waals surface area (Å²) in [5.74, 6) is 0.638. The Balaban J connectivity index is 1.21. The quantitative estimate of drug-likeness (QED) is 0.612. The number of nitrogens with zero attached hydrogens (tertiary/aromatic N) is 1. The first kappa shape index (κ1) is 22.3. The van der Waals surface area contributed by atoms with Gasteiger partial charge >= 0.3 is 0 Å². The highest BCUT2D eigenvalue weighted by molar-refractivity contribution is 6.05. The number of fused-ring (bicyclic) bond motifs is 1. The van der Waals surface area contributed by atoms with Gasteiger partial charge in [-0.25, -0.2) is 0 Å². The van der Waals surface area contributed by atoms with E-state index in [1.54, 1.807) is 12.0 Å². The second-order valence-corrected chi connectivity index (χ2v) is 9.87. The number of imide groups is 1. The van der Waals surface area contributed by atoms with Gasteiger partial charge in [0, 0.05) is 31.7 Å². The molecule has 33 heavy (non-hydrogen) atoms. The number of methoxy groups -OCH3 is 1. The van der Waals surface area contributed by atoms with Crippen LogP contribution in [0.4, 0.5) is 0 Å². The number of ether oxygens (including phenoxy) is 2. The summed E-state index contributed by atoms with van der Waals surface area (Å²) in [6, 6.07) is 5.35. The van der Waals surface area contributed by atoms with Crippen molar-refractivity contribution in [2.45, 2.75) is 82.2 Å². The third kappa shape index (κ3) is 4.64. The minimum Gasteiger partial charge on any atom is -0.489 e. The summed E-state index contributed by atoms with van der Waals surface area (Å²) in [6.07, 6.45) is 7.91. The predicted molar refractivity (Wildman–Crippen MR) is 121 cm³/mol. The number of rotatable bonds is 7. The number of carbonyl (C=O) groups is 3. The van der Waals surface area contributed by atoms with E-state index < -0.39 is 6.04 Å². The molecule has 1 aromatic carbocycles. The molecule has 8 heteroatoms. The molecular weight excluding hydrogens is 422 g/mol. The molecule has 2 heterocycles. The summed E-state index contributed by atoms with van der Waals surface area (Å²) in [5, 5.41) is 6.09. The summed E-state index contributed by atoms with van der Waals surface area (Å²) in [6.45, 7) is 1.37. The third-order valence-corrected chi connectivity index (χ3v) is 7.68. The van der Waals surface area contributed by atoms with Gasteiger partial charge in [0.1, 0.15) is 17.9 Å². The van der Waals surface area contributed by atoms with Crippen molar-refractivity contribution in [1.29, 1.82) is 0 Å². The fourth-order valence-corrected chi connectivity index (χ4v) is 5.62. The molecule has 4 aliphatic rings. The van der Waals surface area contributed by atoms with Crippen molar-refractivity contribution in [3.63, 3.8) is 0 Å². The smallest absolute Gasteiger partial charge is 0.255 e. The van der Waals surface area contributed by atoms with E-state index in [0.29, 0.717) is 36.6 Å². The lowest BCUT2D eigenvalue weighted by Crippen LogP contribution is -2.52. The fourth-order valence-electron chi connectivity index (χ4n) is 5.62. The first-order valence-corrected chi connectivity index (χ1v) is 12.2. The molecule has 2 saturated carbocycles. The third-order valence-electron chi connectivity index (χ3n) is 7.68. The van der Waals surface area contributed by atoms with Crippen molar-refractivity contribution in [2.24, 2.45) is 5.92 Å². The van der Waals surface area contributed by atoms with Gasteiger partial charge in [-0.05, 0) is 74.8 Å². The molecular formula is C25H33N3O5. The van der Waals surface area contributed by atoms with Gasteiger partial charge in [-0.2, -0.15) is 0 Å². The molecule has 3 fully saturated rings. The molecule has 1 unspecified atom stereocenters. The normalized spacial score (nSPS) is 31.7. The summed E-state index contributed by atoms with van der Waals surface area (Å²) >= 11 is 0. The highest BCUT2D eigenvalue weighted by Crippen LogP contribution is 2.33. The van der Waals surface area contributed by atoms with Crippen LogP contribution in [0.25, 0.3) is 0 Å². The van der Waals surface area contributed by atoms with Gasteiger partial charge in [0.2, 0.25) is 11.8 Å². The minimum absolute atomic E-state index is 0.110. The Hall–Kier alpha value is -2.45. The molecule has 2 aliphatic carbocycles. The van der Waals surface area contributed by atoms with E-state index in [9.17, 15) is 14.4 Å².